The van der Waals surface area contributed by atoms with E-state index < -0.39 is 0 Å². The van der Waals surface area contributed by atoms with Crippen LogP contribution in [0.4, 0.5) is 5.69 Å². The summed E-state index contributed by atoms with van der Waals surface area (Å²) in [7, 11) is 0. The molecular formula is C15H23N2O+. The number of anilines is 1. The molecule has 0 spiro atoms. The summed E-state index contributed by atoms with van der Waals surface area (Å²) in [4.78, 5) is 13.4. The van der Waals surface area contributed by atoms with E-state index in [1.807, 2.05) is 31.2 Å². The molecule has 2 atom stereocenters. The lowest BCUT2D eigenvalue weighted by Crippen LogP contribution is -3.14. The summed E-state index contributed by atoms with van der Waals surface area (Å²) in [6, 6.07) is 7.96. The Morgan fingerprint density at radius 3 is 3.06 bits per heavy atom. The number of hydrogen-bond acceptors (Lipinski definition) is 1. The Morgan fingerprint density at radius 1 is 1.50 bits per heavy atom. The fourth-order valence-corrected chi connectivity index (χ4v) is 2.71. The predicted octanol–water partition coefficient (Wildman–Crippen LogP) is 1.25. The van der Waals surface area contributed by atoms with Crippen molar-refractivity contribution >= 4 is 11.6 Å². The zero-order chi connectivity index (χ0) is 13.0. The normalized spacial score (nSPS) is 23.7. The second-order valence-electron chi connectivity index (χ2n) is 5.55. The first-order valence-corrected chi connectivity index (χ1v) is 6.83. The van der Waals surface area contributed by atoms with Gasteiger partial charge >= 0.3 is 0 Å². The van der Waals surface area contributed by atoms with Crippen molar-refractivity contribution in [3.8, 4) is 0 Å². The number of quaternary nitrogens is 1. The molecule has 18 heavy (non-hydrogen) atoms. The van der Waals surface area contributed by atoms with E-state index in [2.05, 4.69) is 12.2 Å². The van der Waals surface area contributed by atoms with Crippen molar-refractivity contribution in [3.05, 3.63) is 29.8 Å². The van der Waals surface area contributed by atoms with Crippen LogP contribution in [0.5, 0.6) is 0 Å². The van der Waals surface area contributed by atoms with Gasteiger partial charge in [0.25, 0.3) is 5.91 Å². The molecule has 3 nitrogen and oxygen atoms in total. The molecule has 0 radical (unpaired) electrons. The van der Waals surface area contributed by atoms with Gasteiger partial charge in [-0.2, -0.15) is 0 Å². The number of hydrogen-bond donors (Lipinski definition) is 2. The summed E-state index contributed by atoms with van der Waals surface area (Å²) in [5, 5.41) is 2.99. The molecular weight excluding hydrogens is 224 g/mol. The smallest absolute Gasteiger partial charge is 0.279 e. The van der Waals surface area contributed by atoms with Crippen LogP contribution >= 0.6 is 0 Å². The molecule has 0 aliphatic carbocycles. The van der Waals surface area contributed by atoms with Crippen LogP contribution in [-0.4, -0.2) is 25.5 Å². The maximum absolute atomic E-state index is 12.0. The zero-order valence-corrected chi connectivity index (χ0v) is 11.3. The lowest BCUT2D eigenvalue weighted by Gasteiger charge is -2.27. The maximum Gasteiger partial charge on any atom is 0.279 e. The molecule has 0 bridgehead atoms. The van der Waals surface area contributed by atoms with Crippen molar-refractivity contribution in [2.75, 3.05) is 25.0 Å². The Balaban J connectivity index is 1.85. The van der Waals surface area contributed by atoms with E-state index in [9.17, 15) is 4.79 Å². The van der Waals surface area contributed by atoms with Crippen LogP contribution in [-0.2, 0) is 4.79 Å². The minimum absolute atomic E-state index is 0.129. The summed E-state index contributed by atoms with van der Waals surface area (Å²) in [5.74, 6) is 0.880. The van der Waals surface area contributed by atoms with E-state index in [-0.39, 0.29) is 5.91 Å². The minimum atomic E-state index is 0.129. The third-order valence-electron chi connectivity index (χ3n) is 3.58. The molecule has 1 amide bonds. The van der Waals surface area contributed by atoms with Crippen molar-refractivity contribution in [1.82, 2.24) is 0 Å². The van der Waals surface area contributed by atoms with E-state index in [1.54, 1.807) is 0 Å². The molecule has 0 aromatic heterocycles. The summed E-state index contributed by atoms with van der Waals surface area (Å²) < 4.78 is 0. The SMILES string of the molecule is Cc1cccc(NC(=O)C[NH+]2CCC[C@H](C)C2)c1. The molecule has 1 aromatic rings. The van der Waals surface area contributed by atoms with Gasteiger partial charge in [-0.15, -0.1) is 0 Å². The maximum atomic E-state index is 12.0. The highest BCUT2D eigenvalue weighted by molar-refractivity contribution is 5.91. The predicted molar refractivity (Wildman–Crippen MR) is 73.8 cm³/mol. The minimum Gasteiger partial charge on any atom is -0.327 e. The lowest BCUT2D eigenvalue weighted by atomic mass is 10.0. The summed E-state index contributed by atoms with van der Waals surface area (Å²) in [5.41, 5.74) is 2.08. The number of carbonyl (C=O) groups is 1. The van der Waals surface area contributed by atoms with Gasteiger partial charge in [-0.3, -0.25) is 4.79 Å². The average Bonchev–Trinajstić information content (AvgIpc) is 2.28. The average molecular weight is 247 g/mol. The van der Waals surface area contributed by atoms with Gasteiger partial charge in [0.05, 0.1) is 13.1 Å². The first-order valence-electron chi connectivity index (χ1n) is 6.83. The highest BCUT2D eigenvalue weighted by atomic mass is 16.2. The molecule has 2 N–H and O–H groups in total. The van der Waals surface area contributed by atoms with Gasteiger partial charge in [0.2, 0.25) is 0 Å². The van der Waals surface area contributed by atoms with Crippen molar-refractivity contribution in [2.24, 2.45) is 5.92 Å². The van der Waals surface area contributed by atoms with E-state index in [4.69, 9.17) is 0 Å². The zero-order valence-electron chi connectivity index (χ0n) is 11.3. The van der Waals surface area contributed by atoms with Crippen LogP contribution in [0.25, 0.3) is 0 Å². The lowest BCUT2D eigenvalue weighted by molar-refractivity contribution is -0.900. The second-order valence-corrected chi connectivity index (χ2v) is 5.55. The van der Waals surface area contributed by atoms with Crippen molar-refractivity contribution < 1.29 is 9.69 Å². The number of likely N-dealkylation sites (tertiary alicyclic amines) is 1. The van der Waals surface area contributed by atoms with E-state index >= 15 is 0 Å². The molecule has 2 rings (SSSR count). The Kier molecular flexibility index (Phi) is 4.37. The van der Waals surface area contributed by atoms with Crippen LogP contribution in [0.1, 0.15) is 25.3 Å². The molecule has 3 heteroatoms. The summed E-state index contributed by atoms with van der Waals surface area (Å²) in [6.07, 6.45) is 2.55. The van der Waals surface area contributed by atoms with Crippen molar-refractivity contribution in [1.29, 1.82) is 0 Å². The fraction of sp³-hybridized carbons (Fsp3) is 0.533. The number of amides is 1. The third kappa shape index (κ3) is 3.84. The Hall–Kier alpha value is -1.35. The van der Waals surface area contributed by atoms with Gasteiger partial charge in [0.15, 0.2) is 6.54 Å². The van der Waals surface area contributed by atoms with Crippen molar-refractivity contribution in [3.63, 3.8) is 0 Å². The molecule has 98 valence electrons. The van der Waals surface area contributed by atoms with E-state index in [0.717, 1.165) is 24.7 Å². The van der Waals surface area contributed by atoms with Gasteiger partial charge in [0.1, 0.15) is 0 Å². The fourth-order valence-electron chi connectivity index (χ4n) is 2.71. The first-order chi connectivity index (χ1) is 8.63. The third-order valence-corrected chi connectivity index (χ3v) is 3.58. The summed E-state index contributed by atoms with van der Waals surface area (Å²) in [6.45, 7) is 7.16. The van der Waals surface area contributed by atoms with Gasteiger partial charge in [-0.1, -0.05) is 19.1 Å². The van der Waals surface area contributed by atoms with Crippen LogP contribution < -0.4 is 10.2 Å². The number of aryl methyl sites for hydroxylation is 1. The Morgan fingerprint density at radius 2 is 2.33 bits per heavy atom. The number of piperidine rings is 1. The van der Waals surface area contributed by atoms with Crippen LogP contribution in [0.2, 0.25) is 0 Å². The van der Waals surface area contributed by atoms with Gasteiger partial charge in [0, 0.05) is 11.6 Å². The summed E-state index contributed by atoms with van der Waals surface area (Å²) >= 11 is 0. The number of nitrogens with one attached hydrogen (secondary N) is 2. The molecule has 1 fully saturated rings. The number of rotatable bonds is 3. The highest BCUT2D eigenvalue weighted by Crippen LogP contribution is 2.09. The number of carbonyl (C=O) groups excluding carboxylic acids is 1. The van der Waals surface area contributed by atoms with Crippen LogP contribution in [0, 0.1) is 12.8 Å². The number of benzene rings is 1. The van der Waals surface area contributed by atoms with Gasteiger partial charge < -0.3 is 10.2 Å². The highest BCUT2D eigenvalue weighted by Gasteiger charge is 2.21. The molecule has 0 saturated carbocycles. The Labute approximate surface area is 109 Å². The van der Waals surface area contributed by atoms with E-state index in [0.29, 0.717) is 6.54 Å². The van der Waals surface area contributed by atoms with E-state index in [1.165, 1.54) is 23.3 Å². The quantitative estimate of drug-likeness (QED) is 0.828. The molecule has 1 aliphatic heterocycles. The standard InChI is InChI=1S/C15H22N2O/c1-12-5-3-7-14(9-12)16-15(18)11-17-8-4-6-13(2)10-17/h3,5,7,9,13H,4,6,8,10-11H2,1-2H3,(H,16,18)/p+1/t13-/m0/s1. The molecule has 1 saturated heterocycles. The monoisotopic (exact) mass is 247 g/mol. The first kappa shape index (κ1) is 13.1. The second kappa shape index (κ2) is 6.01. The van der Waals surface area contributed by atoms with Gasteiger partial charge in [-0.05, 0) is 37.5 Å². The molecule has 1 heterocycles. The molecule has 1 aromatic carbocycles. The van der Waals surface area contributed by atoms with Crippen LogP contribution in [0.15, 0.2) is 24.3 Å². The molecule has 1 aliphatic rings. The molecule has 1 unspecified atom stereocenters. The van der Waals surface area contributed by atoms with Crippen LogP contribution in [0.3, 0.4) is 0 Å². The van der Waals surface area contributed by atoms with Gasteiger partial charge in [-0.25, -0.2) is 0 Å². The largest absolute Gasteiger partial charge is 0.327 e. The Bertz CT molecular complexity index is 417. The van der Waals surface area contributed by atoms with Crippen molar-refractivity contribution in [2.45, 2.75) is 26.7 Å². The topological polar surface area (TPSA) is 33.5 Å².